The third-order valence-corrected chi connectivity index (χ3v) is 4.06. The summed E-state index contributed by atoms with van der Waals surface area (Å²) in [6, 6.07) is 11.8. The summed E-state index contributed by atoms with van der Waals surface area (Å²) in [5, 5.41) is 13.5. The molecular weight excluding hydrogens is 314 g/mol. The van der Waals surface area contributed by atoms with Gasteiger partial charge >= 0.3 is 0 Å². The molecule has 0 unspecified atom stereocenters. The van der Waals surface area contributed by atoms with E-state index in [1.165, 1.54) is 0 Å². The number of hydrogen-bond donors (Lipinski definition) is 2. The van der Waals surface area contributed by atoms with Crippen molar-refractivity contribution in [3.05, 3.63) is 58.1 Å². The zero-order chi connectivity index (χ0) is 16.2. The first-order valence-electron chi connectivity index (χ1n) is 7.69. The minimum Gasteiger partial charge on any atom is -0.486 e. The van der Waals surface area contributed by atoms with Crippen molar-refractivity contribution in [1.29, 1.82) is 0 Å². The lowest BCUT2D eigenvalue weighted by Crippen LogP contribution is -2.17. The van der Waals surface area contributed by atoms with E-state index in [0.717, 1.165) is 23.2 Å². The number of ether oxygens (including phenoxy) is 2. The number of rotatable bonds is 5. The number of nitrogens with one attached hydrogen (secondary N) is 1. The first-order chi connectivity index (χ1) is 11.1. The zero-order valence-corrected chi connectivity index (χ0v) is 13.8. The summed E-state index contributed by atoms with van der Waals surface area (Å²) in [6.45, 7) is 4.28. The molecule has 2 N–H and O–H groups in total. The van der Waals surface area contributed by atoms with Crippen LogP contribution < -0.4 is 14.8 Å². The maximum atomic E-state index is 9.51. The molecule has 122 valence electrons. The lowest BCUT2D eigenvalue weighted by Gasteiger charge is -2.20. The Morgan fingerprint density at radius 3 is 2.52 bits per heavy atom. The zero-order valence-electron chi connectivity index (χ0n) is 13.0. The van der Waals surface area contributed by atoms with Gasteiger partial charge in [-0.25, -0.2) is 0 Å². The van der Waals surface area contributed by atoms with Crippen LogP contribution >= 0.6 is 11.6 Å². The first kappa shape index (κ1) is 16.1. The molecule has 3 rings (SSSR count). The molecule has 0 amide bonds. The van der Waals surface area contributed by atoms with Gasteiger partial charge in [-0.2, -0.15) is 0 Å². The van der Waals surface area contributed by atoms with Crippen molar-refractivity contribution in [3.8, 4) is 11.5 Å². The van der Waals surface area contributed by atoms with E-state index in [9.17, 15) is 5.11 Å². The molecule has 1 aliphatic heterocycles. The van der Waals surface area contributed by atoms with Crippen LogP contribution in [0.25, 0.3) is 0 Å². The number of aliphatic hydroxyl groups excluding tert-OH is 1. The monoisotopic (exact) mass is 333 g/mol. The summed E-state index contributed by atoms with van der Waals surface area (Å²) in [5.74, 6) is 1.34. The lowest BCUT2D eigenvalue weighted by atomic mass is 10.1. The maximum absolute atomic E-state index is 9.51. The van der Waals surface area contributed by atoms with Crippen molar-refractivity contribution in [2.75, 3.05) is 13.2 Å². The lowest BCUT2D eigenvalue weighted by molar-refractivity contribution is 0.171. The van der Waals surface area contributed by atoms with Gasteiger partial charge in [-0.15, -0.1) is 0 Å². The molecule has 23 heavy (non-hydrogen) atoms. The summed E-state index contributed by atoms with van der Waals surface area (Å²) in [4.78, 5) is 0. The molecule has 1 aliphatic rings. The number of aliphatic hydroxyl groups is 1. The minimum atomic E-state index is -0.433. The summed E-state index contributed by atoms with van der Waals surface area (Å²) >= 11 is 6.23. The highest BCUT2D eigenvalue weighted by Gasteiger charge is 2.16. The number of halogens is 1. The van der Waals surface area contributed by atoms with Crippen LogP contribution in [0.5, 0.6) is 11.5 Å². The Morgan fingerprint density at radius 2 is 1.78 bits per heavy atom. The van der Waals surface area contributed by atoms with Gasteiger partial charge in [-0.05, 0) is 35.7 Å². The van der Waals surface area contributed by atoms with E-state index in [1.807, 2.05) is 36.4 Å². The summed E-state index contributed by atoms with van der Waals surface area (Å²) in [7, 11) is 0. The van der Waals surface area contributed by atoms with Crippen molar-refractivity contribution in [2.45, 2.75) is 26.1 Å². The van der Waals surface area contributed by atoms with E-state index in [4.69, 9.17) is 21.1 Å². The predicted octanol–water partition coefficient (Wildman–Crippen LogP) is 3.45. The van der Waals surface area contributed by atoms with Crippen LogP contribution in [0.4, 0.5) is 0 Å². The van der Waals surface area contributed by atoms with E-state index in [1.54, 1.807) is 6.92 Å². The average molecular weight is 334 g/mol. The Morgan fingerprint density at radius 1 is 1.09 bits per heavy atom. The molecule has 5 heteroatoms. The van der Waals surface area contributed by atoms with Gasteiger partial charge in [0.15, 0.2) is 11.5 Å². The highest BCUT2D eigenvalue weighted by molar-refractivity contribution is 6.32. The van der Waals surface area contributed by atoms with E-state index < -0.39 is 6.10 Å². The van der Waals surface area contributed by atoms with Gasteiger partial charge < -0.3 is 19.9 Å². The van der Waals surface area contributed by atoms with Crippen molar-refractivity contribution < 1.29 is 14.6 Å². The van der Waals surface area contributed by atoms with Gasteiger partial charge in [0.1, 0.15) is 13.2 Å². The molecule has 0 saturated carbocycles. The van der Waals surface area contributed by atoms with Crippen LogP contribution in [0.15, 0.2) is 36.4 Å². The van der Waals surface area contributed by atoms with Gasteiger partial charge in [0, 0.05) is 13.1 Å². The molecule has 2 aromatic rings. The van der Waals surface area contributed by atoms with Gasteiger partial charge in [0.25, 0.3) is 0 Å². The SMILES string of the molecule is C[C@@H](O)c1ccc(CNCc2cc(Cl)c3c(c2)OCCO3)cc1. The molecule has 4 nitrogen and oxygen atoms in total. The van der Waals surface area contributed by atoms with Crippen LogP contribution in [-0.2, 0) is 13.1 Å². The van der Waals surface area contributed by atoms with Gasteiger partial charge in [0.2, 0.25) is 0 Å². The highest BCUT2D eigenvalue weighted by Crippen LogP contribution is 2.38. The fourth-order valence-electron chi connectivity index (χ4n) is 2.53. The van der Waals surface area contributed by atoms with E-state index in [2.05, 4.69) is 5.32 Å². The quantitative estimate of drug-likeness (QED) is 0.880. The number of benzene rings is 2. The van der Waals surface area contributed by atoms with Crippen LogP contribution in [0, 0.1) is 0 Å². The molecular formula is C18H20ClNO3. The predicted molar refractivity (Wildman–Crippen MR) is 90.1 cm³/mol. The molecule has 0 radical (unpaired) electrons. The third kappa shape index (κ3) is 3.96. The Labute approximate surface area is 141 Å². The van der Waals surface area contributed by atoms with Crippen LogP contribution in [0.2, 0.25) is 5.02 Å². The standard InChI is InChI=1S/C18H20ClNO3/c1-12(21)15-4-2-13(3-5-15)10-20-11-14-8-16(19)18-17(9-14)22-6-7-23-18/h2-5,8-9,12,20-21H,6-7,10-11H2,1H3/t12-/m1/s1. The van der Waals surface area contributed by atoms with Crippen LogP contribution in [-0.4, -0.2) is 18.3 Å². The summed E-state index contributed by atoms with van der Waals surface area (Å²) < 4.78 is 11.1. The molecule has 0 saturated heterocycles. The van der Waals surface area contributed by atoms with Gasteiger partial charge in [-0.3, -0.25) is 0 Å². The van der Waals surface area contributed by atoms with Crippen molar-refractivity contribution in [2.24, 2.45) is 0 Å². The second-order valence-corrected chi connectivity index (χ2v) is 6.03. The fourth-order valence-corrected chi connectivity index (χ4v) is 2.82. The molecule has 0 spiro atoms. The molecule has 1 heterocycles. The molecule has 0 fully saturated rings. The molecule has 2 aromatic carbocycles. The Hall–Kier alpha value is -1.75. The average Bonchev–Trinajstić information content (AvgIpc) is 2.55. The summed E-state index contributed by atoms with van der Waals surface area (Å²) in [6.07, 6.45) is -0.433. The van der Waals surface area contributed by atoms with Crippen molar-refractivity contribution in [3.63, 3.8) is 0 Å². The maximum Gasteiger partial charge on any atom is 0.179 e. The highest BCUT2D eigenvalue weighted by atomic mass is 35.5. The van der Waals surface area contributed by atoms with Gasteiger partial charge in [-0.1, -0.05) is 35.9 Å². The Balaban J connectivity index is 1.59. The van der Waals surface area contributed by atoms with Gasteiger partial charge in [0.05, 0.1) is 11.1 Å². The normalized spacial score (nSPS) is 14.6. The molecule has 0 aromatic heterocycles. The van der Waals surface area contributed by atoms with E-state index in [-0.39, 0.29) is 0 Å². The van der Waals surface area contributed by atoms with E-state index >= 15 is 0 Å². The first-order valence-corrected chi connectivity index (χ1v) is 8.07. The second-order valence-electron chi connectivity index (χ2n) is 5.62. The van der Waals surface area contributed by atoms with E-state index in [0.29, 0.717) is 36.3 Å². The van der Waals surface area contributed by atoms with Crippen molar-refractivity contribution in [1.82, 2.24) is 5.32 Å². The number of hydrogen-bond acceptors (Lipinski definition) is 4. The Kier molecular flexibility index (Phi) is 5.06. The smallest absolute Gasteiger partial charge is 0.179 e. The molecule has 0 aliphatic carbocycles. The Bertz CT molecular complexity index is 671. The third-order valence-electron chi connectivity index (χ3n) is 3.78. The fraction of sp³-hybridized carbons (Fsp3) is 0.333. The second kappa shape index (κ2) is 7.21. The van der Waals surface area contributed by atoms with Crippen LogP contribution in [0.1, 0.15) is 29.7 Å². The number of fused-ring (bicyclic) bond motifs is 1. The van der Waals surface area contributed by atoms with Crippen molar-refractivity contribution >= 4 is 11.6 Å². The van der Waals surface area contributed by atoms with Crippen LogP contribution in [0.3, 0.4) is 0 Å². The topological polar surface area (TPSA) is 50.7 Å². The largest absolute Gasteiger partial charge is 0.486 e. The summed E-state index contributed by atoms with van der Waals surface area (Å²) in [5.41, 5.74) is 3.14. The molecule has 0 bridgehead atoms. The molecule has 1 atom stereocenters. The minimum absolute atomic E-state index is 0.433.